The zero-order chi connectivity index (χ0) is 19.7. The number of hydrogen-bond donors (Lipinski definition) is 0. The first kappa shape index (κ1) is 19.2. The predicted octanol–water partition coefficient (Wildman–Crippen LogP) is 4.72. The Hall–Kier alpha value is -2.14. The minimum Gasteiger partial charge on any atom is -0.347 e. The van der Waals surface area contributed by atoms with Gasteiger partial charge in [-0.3, -0.25) is 4.79 Å². The van der Waals surface area contributed by atoms with Crippen molar-refractivity contribution in [1.82, 2.24) is 14.9 Å². The molecule has 28 heavy (non-hydrogen) atoms. The normalized spacial score (nSPS) is 20.0. The van der Waals surface area contributed by atoms with Crippen LogP contribution in [0.1, 0.15) is 50.3 Å². The average Bonchev–Trinajstić information content (AvgIpc) is 3.40. The van der Waals surface area contributed by atoms with Crippen LogP contribution in [0, 0.1) is 5.92 Å². The van der Waals surface area contributed by atoms with Crippen molar-refractivity contribution in [2.75, 3.05) is 25.5 Å². The van der Waals surface area contributed by atoms with E-state index in [1.807, 2.05) is 49.5 Å². The molecular formula is C22H27ClN4O. The third kappa shape index (κ3) is 3.72. The van der Waals surface area contributed by atoms with Crippen molar-refractivity contribution in [1.29, 1.82) is 0 Å². The third-order valence-electron chi connectivity index (χ3n) is 5.92. The molecule has 2 heterocycles. The maximum Gasteiger partial charge on any atom is 0.226 e. The van der Waals surface area contributed by atoms with E-state index in [1.165, 1.54) is 12.8 Å². The van der Waals surface area contributed by atoms with E-state index in [2.05, 4.69) is 9.88 Å². The van der Waals surface area contributed by atoms with E-state index >= 15 is 0 Å². The molecule has 0 radical (unpaired) electrons. The van der Waals surface area contributed by atoms with E-state index in [4.69, 9.17) is 16.6 Å². The van der Waals surface area contributed by atoms with Gasteiger partial charge >= 0.3 is 0 Å². The van der Waals surface area contributed by atoms with E-state index in [0.717, 1.165) is 49.0 Å². The first-order valence-electron chi connectivity index (χ1n) is 10.2. The van der Waals surface area contributed by atoms with Gasteiger partial charge < -0.3 is 9.80 Å². The molecule has 1 aromatic heterocycles. The van der Waals surface area contributed by atoms with Crippen LogP contribution in [-0.2, 0) is 4.79 Å². The summed E-state index contributed by atoms with van der Waals surface area (Å²) in [7, 11) is 3.88. The monoisotopic (exact) mass is 398 g/mol. The summed E-state index contributed by atoms with van der Waals surface area (Å²) in [5, 5.41) is 0.704. The number of hydrogen-bond acceptors (Lipinski definition) is 4. The largest absolute Gasteiger partial charge is 0.347 e. The summed E-state index contributed by atoms with van der Waals surface area (Å²) in [5.41, 5.74) is 2.97. The highest BCUT2D eigenvalue weighted by Gasteiger charge is 2.37. The average molecular weight is 399 g/mol. The van der Waals surface area contributed by atoms with Crippen molar-refractivity contribution in [3.05, 3.63) is 41.2 Å². The molecule has 2 fully saturated rings. The van der Waals surface area contributed by atoms with Crippen molar-refractivity contribution in [3.63, 3.8) is 0 Å². The van der Waals surface area contributed by atoms with Gasteiger partial charge in [0.15, 0.2) is 0 Å². The van der Waals surface area contributed by atoms with Crippen LogP contribution in [0.2, 0.25) is 5.02 Å². The number of anilines is 1. The Morgan fingerprint density at radius 2 is 1.82 bits per heavy atom. The van der Waals surface area contributed by atoms with Gasteiger partial charge in [-0.05, 0) is 43.4 Å². The molecule has 1 saturated heterocycles. The molecule has 0 unspecified atom stereocenters. The number of likely N-dealkylation sites (tertiary alicyclic amines) is 1. The number of carbonyl (C=O) groups excluding carboxylic acids is 1. The predicted molar refractivity (Wildman–Crippen MR) is 112 cm³/mol. The van der Waals surface area contributed by atoms with Gasteiger partial charge in [-0.2, -0.15) is 0 Å². The van der Waals surface area contributed by atoms with Crippen molar-refractivity contribution in [2.24, 2.45) is 5.92 Å². The molecule has 1 aliphatic heterocycles. The van der Waals surface area contributed by atoms with E-state index < -0.39 is 0 Å². The Balaban J connectivity index is 1.74. The lowest BCUT2D eigenvalue weighted by Gasteiger charge is -2.29. The van der Waals surface area contributed by atoms with Crippen LogP contribution in [0.4, 0.5) is 5.95 Å². The summed E-state index contributed by atoms with van der Waals surface area (Å²) in [5.74, 6) is 1.18. The Bertz CT molecular complexity index is 846. The molecule has 0 bridgehead atoms. The Labute approximate surface area is 171 Å². The number of carbonyl (C=O) groups is 1. The Kier molecular flexibility index (Phi) is 5.54. The van der Waals surface area contributed by atoms with Crippen molar-refractivity contribution < 1.29 is 4.79 Å². The van der Waals surface area contributed by atoms with Crippen LogP contribution in [0.5, 0.6) is 0 Å². The van der Waals surface area contributed by atoms with Gasteiger partial charge in [-0.1, -0.05) is 36.6 Å². The number of benzene rings is 1. The molecule has 0 spiro atoms. The highest BCUT2D eigenvalue weighted by Crippen LogP contribution is 2.39. The van der Waals surface area contributed by atoms with Gasteiger partial charge in [0.25, 0.3) is 0 Å². The van der Waals surface area contributed by atoms with Gasteiger partial charge in [0.2, 0.25) is 11.9 Å². The van der Waals surface area contributed by atoms with Crippen molar-refractivity contribution >= 4 is 23.5 Å². The lowest BCUT2D eigenvalue weighted by atomic mass is 9.98. The highest BCUT2D eigenvalue weighted by molar-refractivity contribution is 6.30. The SMILES string of the molecule is CN(C)c1ncc(-c2ccc(Cl)cc2)c([C@@H]2CCCN2C(=O)C2CCCC2)n1. The molecule has 1 aliphatic carbocycles. The fourth-order valence-corrected chi connectivity index (χ4v) is 4.55. The molecule has 0 N–H and O–H groups in total. The fraction of sp³-hybridized carbons (Fsp3) is 0.500. The first-order valence-corrected chi connectivity index (χ1v) is 10.5. The minimum absolute atomic E-state index is 0.0143. The summed E-state index contributed by atoms with van der Waals surface area (Å²) in [6.45, 7) is 0.821. The number of halogens is 1. The molecular weight excluding hydrogens is 372 g/mol. The molecule has 1 aromatic carbocycles. The highest BCUT2D eigenvalue weighted by atomic mass is 35.5. The fourth-order valence-electron chi connectivity index (χ4n) is 4.43. The first-order chi connectivity index (χ1) is 13.5. The Morgan fingerprint density at radius 3 is 2.50 bits per heavy atom. The molecule has 5 nitrogen and oxygen atoms in total. The number of aromatic nitrogens is 2. The molecule has 2 aliphatic rings. The molecule has 1 saturated carbocycles. The smallest absolute Gasteiger partial charge is 0.226 e. The lowest BCUT2D eigenvalue weighted by Crippen LogP contribution is -2.35. The molecule has 6 heteroatoms. The summed E-state index contributed by atoms with van der Waals surface area (Å²) >= 11 is 6.08. The maximum atomic E-state index is 13.2. The lowest BCUT2D eigenvalue weighted by molar-refractivity contribution is -0.136. The molecule has 148 valence electrons. The second-order valence-electron chi connectivity index (χ2n) is 8.04. The number of nitrogens with zero attached hydrogens (tertiary/aromatic N) is 4. The van der Waals surface area contributed by atoms with Gasteiger partial charge in [-0.15, -0.1) is 0 Å². The van der Waals surface area contributed by atoms with Gasteiger partial charge in [0, 0.05) is 43.3 Å². The standard InChI is InChI=1S/C22H27ClN4O/c1-26(2)22-24-14-18(15-9-11-17(23)12-10-15)20(25-22)19-8-5-13-27(19)21(28)16-6-3-4-7-16/h9-12,14,16,19H,3-8,13H2,1-2H3/t19-/m0/s1. The Morgan fingerprint density at radius 1 is 1.11 bits per heavy atom. The van der Waals surface area contributed by atoms with Crippen LogP contribution in [0.3, 0.4) is 0 Å². The molecule has 1 atom stereocenters. The van der Waals surface area contributed by atoms with E-state index in [0.29, 0.717) is 16.9 Å². The quantitative estimate of drug-likeness (QED) is 0.747. The topological polar surface area (TPSA) is 49.3 Å². The van der Waals surface area contributed by atoms with Crippen LogP contribution >= 0.6 is 11.6 Å². The van der Waals surface area contributed by atoms with Crippen molar-refractivity contribution in [3.8, 4) is 11.1 Å². The summed E-state index contributed by atoms with van der Waals surface area (Å²) < 4.78 is 0. The van der Waals surface area contributed by atoms with Gasteiger partial charge in [0.05, 0.1) is 11.7 Å². The molecule has 2 aromatic rings. The molecule has 1 amide bonds. The van der Waals surface area contributed by atoms with Crippen molar-refractivity contribution in [2.45, 2.75) is 44.6 Å². The zero-order valence-electron chi connectivity index (χ0n) is 16.6. The van der Waals surface area contributed by atoms with E-state index in [9.17, 15) is 4.79 Å². The van der Waals surface area contributed by atoms with Crippen LogP contribution in [0.25, 0.3) is 11.1 Å². The summed E-state index contributed by atoms with van der Waals surface area (Å²) in [4.78, 5) is 26.6. The van der Waals surface area contributed by atoms with Crippen LogP contribution in [0.15, 0.2) is 30.5 Å². The maximum absolute atomic E-state index is 13.2. The third-order valence-corrected chi connectivity index (χ3v) is 6.17. The van der Waals surface area contributed by atoms with Gasteiger partial charge in [-0.25, -0.2) is 9.97 Å². The zero-order valence-corrected chi connectivity index (χ0v) is 17.3. The number of rotatable bonds is 4. The van der Waals surface area contributed by atoms with Crippen LogP contribution < -0.4 is 4.90 Å². The summed E-state index contributed by atoms with van der Waals surface area (Å²) in [6, 6.07) is 7.78. The second kappa shape index (κ2) is 8.08. The number of amides is 1. The second-order valence-corrected chi connectivity index (χ2v) is 8.48. The van der Waals surface area contributed by atoms with E-state index in [-0.39, 0.29) is 12.0 Å². The van der Waals surface area contributed by atoms with Gasteiger partial charge in [0.1, 0.15) is 0 Å². The minimum atomic E-state index is 0.0143. The molecule has 4 rings (SSSR count). The van der Waals surface area contributed by atoms with Crippen LogP contribution in [-0.4, -0.2) is 41.4 Å². The summed E-state index contributed by atoms with van der Waals surface area (Å²) in [6.07, 6.45) is 8.24. The van der Waals surface area contributed by atoms with E-state index in [1.54, 1.807) is 0 Å².